The van der Waals surface area contributed by atoms with Crippen LogP contribution in [-0.4, -0.2) is 34.2 Å². The average Bonchev–Trinajstić information content (AvgIpc) is 2.65. The fourth-order valence-electron chi connectivity index (χ4n) is 3.31. The molecule has 0 fully saturated rings. The summed E-state index contributed by atoms with van der Waals surface area (Å²) >= 11 is 5.89. The lowest BCUT2D eigenvalue weighted by atomic mass is 9.93. The van der Waals surface area contributed by atoms with Crippen LogP contribution >= 0.6 is 11.6 Å². The molecule has 2 aromatic carbocycles. The van der Waals surface area contributed by atoms with Gasteiger partial charge in [0.1, 0.15) is 12.3 Å². The van der Waals surface area contributed by atoms with Crippen LogP contribution in [0.5, 0.6) is 5.75 Å². The summed E-state index contributed by atoms with van der Waals surface area (Å²) < 4.78 is 31.0. The Balaban J connectivity index is 2.24. The van der Waals surface area contributed by atoms with Gasteiger partial charge in [0.2, 0.25) is 15.9 Å². The number of ether oxygens (including phenoxy) is 1. The second kappa shape index (κ2) is 9.71. The van der Waals surface area contributed by atoms with Crippen molar-refractivity contribution >= 4 is 33.2 Å². The summed E-state index contributed by atoms with van der Waals surface area (Å²) in [6.45, 7) is 7.68. The number of rotatable bonds is 8. The number of carbonyl (C=O) groups excluding carboxylic acids is 1. The molecule has 2 rings (SSSR count). The van der Waals surface area contributed by atoms with Crippen LogP contribution in [0.3, 0.4) is 0 Å². The van der Waals surface area contributed by atoms with E-state index in [9.17, 15) is 13.2 Å². The number of amides is 1. The summed E-state index contributed by atoms with van der Waals surface area (Å²) in [6, 6.07) is 10.0. The van der Waals surface area contributed by atoms with Crippen molar-refractivity contribution in [2.24, 2.45) is 0 Å². The van der Waals surface area contributed by atoms with E-state index in [4.69, 9.17) is 16.3 Å². The number of aryl methyl sites for hydroxylation is 1. The number of sulfonamides is 1. The van der Waals surface area contributed by atoms with Crippen LogP contribution in [-0.2, 0) is 14.8 Å². The van der Waals surface area contributed by atoms with Crippen molar-refractivity contribution in [3.8, 4) is 5.75 Å². The third-order valence-electron chi connectivity index (χ3n) is 4.89. The molecular formula is C22H29ClN2O4S. The molecule has 6 nitrogen and oxygen atoms in total. The fraction of sp³-hybridized carbons (Fsp3) is 0.409. The maximum Gasteiger partial charge on any atom is 0.241 e. The topological polar surface area (TPSA) is 75.7 Å². The molecule has 1 N–H and O–H groups in total. The number of nitrogens with zero attached hydrogens (tertiary/aromatic N) is 1. The number of carbonyl (C=O) groups is 1. The van der Waals surface area contributed by atoms with Crippen molar-refractivity contribution in [3.05, 3.63) is 58.1 Å². The molecule has 0 aliphatic heterocycles. The van der Waals surface area contributed by atoms with E-state index < -0.39 is 15.9 Å². The van der Waals surface area contributed by atoms with Crippen LogP contribution in [0, 0.1) is 6.92 Å². The second-order valence-electron chi connectivity index (χ2n) is 7.64. The molecule has 0 spiro atoms. The van der Waals surface area contributed by atoms with Gasteiger partial charge in [0.05, 0.1) is 25.1 Å². The van der Waals surface area contributed by atoms with Crippen molar-refractivity contribution in [2.75, 3.05) is 24.2 Å². The number of hydrogen-bond acceptors (Lipinski definition) is 4. The van der Waals surface area contributed by atoms with E-state index in [-0.39, 0.29) is 18.5 Å². The van der Waals surface area contributed by atoms with Crippen molar-refractivity contribution in [3.63, 3.8) is 0 Å². The van der Waals surface area contributed by atoms with E-state index in [1.165, 1.54) is 0 Å². The number of hydrogen-bond donors (Lipinski definition) is 1. The summed E-state index contributed by atoms with van der Waals surface area (Å²) in [5.41, 5.74) is 3.39. The van der Waals surface area contributed by atoms with Gasteiger partial charge in [-0.2, -0.15) is 0 Å². The first-order valence-electron chi connectivity index (χ1n) is 9.65. The number of anilines is 1. The van der Waals surface area contributed by atoms with Crippen molar-refractivity contribution in [1.29, 1.82) is 0 Å². The Morgan fingerprint density at radius 2 is 1.73 bits per heavy atom. The van der Waals surface area contributed by atoms with Gasteiger partial charge in [-0.15, -0.1) is 0 Å². The van der Waals surface area contributed by atoms with E-state index in [0.29, 0.717) is 10.7 Å². The molecule has 0 heterocycles. The SMILES string of the molecule is COc1cc(C)c([C@H](C)NC(=O)CN(c2ccc(Cl)cc2)S(C)(=O)=O)cc1C(C)C. The van der Waals surface area contributed by atoms with Gasteiger partial charge in [-0.1, -0.05) is 25.4 Å². The van der Waals surface area contributed by atoms with Gasteiger partial charge in [-0.3, -0.25) is 9.10 Å². The third kappa shape index (κ3) is 5.89. The lowest BCUT2D eigenvalue weighted by Gasteiger charge is -2.24. The summed E-state index contributed by atoms with van der Waals surface area (Å²) in [4.78, 5) is 12.7. The van der Waals surface area contributed by atoms with E-state index in [1.807, 2.05) is 26.0 Å². The van der Waals surface area contributed by atoms with E-state index in [1.54, 1.807) is 31.4 Å². The molecule has 0 unspecified atom stereocenters. The number of benzene rings is 2. The molecule has 0 saturated carbocycles. The molecule has 0 aliphatic carbocycles. The smallest absolute Gasteiger partial charge is 0.241 e. The van der Waals surface area contributed by atoms with Gasteiger partial charge in [0.15, 0.2) is 0 Å². The Hall–Kier alpha value is -2.25. The van der Waals surface area contributed by atoms with Crippen LogP contribution < -0.4 is 14.4 Å². The van der Waals surface area contributed by atoms with E-state index in [0.717, 1.165) is 33.0 Å². The first-order valence-corrected chi connectivity index (χ1v) is 11.9. The maximum atomic E-state index is 12.7. The summed E-state index contributed by atoms with van der Waals surface area (Å²) in [5, 5.41) is 3.40. The minimum absolute atomic E-state index is 0.257. The molecule has 0 radical (unpaired) electrons. The first-order chi connectivity index (χ1) is 13.9. The van der Waals surface area contributed by atoms with Crippen molar-refractivity contribution in [2.45, 2.75) is 39.7 Å². The standard InChI is InChI=1S/C22H29ClN2O4S/c1-14(2)19-12-20(15(3)11-21(19)29-5)16(4)24-22(26)13-25(30(6,27)28)18-9-7-17(23)8-10-18/h7-12,14,16H,13H2,1-6H3,(H,24,26)/t16-/m0/s1. The van der Waals surface area contributed by atoms with E-state index >= 15 is 0 Å². The van der Waals surface area contributed by atoms with Gasteiger partial charge in [-0.25, -0.2) is 8.42 Å². The highest BCUT2D eigenvalue weighted by Crippen LogP contribution is 2.32. The van der Waals surface area contributed by atoms with Crippen LogP contribution in [0.2, 0.25) is 5.02 Å². The number of methoxy groups -OCH3 is 1. The molecule has 30 heavy (non-hydrogen) atoms. The molecule has 2 aromatic rings. The molecule has 8 heteroatoms. The monoisotopic (exact) mass is 452 g/mol. The maximum absolute atomic E-state index is 12.7. The minimum Gasteiger partial charge on any atom is -0.496 e. The minimum atomic E-state index is -3.65. The van der Waals surface area contributed by atoms with Gasteiger partial charge in [-0.05, 0) is 72.9 Å². The van der Waals surface area contributed by atoms with Gasteiger partial charge in [0, 0.05) is 5.02 Å². The van der Waals surface area contributed by atoms with Gasteiger partial charge in [0.25, 0.3) is 0 Å². The quantitative estimate of drug-likeness (QED) is 0.643. The Bertz CT molecular complexity index is 1000. The molecule has 1 amide bonds. The molecule has 1 atom stereocenters. The fourth-order valence-corrected chi connectivity index (χ4v) is 4.30. The molecular weight excluding hydrogens is 424 g/mol. The lowest BCUT2D eigenvalue weighted by molar-refractivity contribution is -0.120. The summed E-state index contributed by atoms with van der Waals surface area (Å²) in [7, 11) is -2.01. The van der Waals surface area contributed by atoms with Crippen LogP contribution in [0.15, 0.2) is 36.4 Å². The predicted molar refractivity (Wildman–Crippen MR) is 122 cm³/mol. The zero-order valence-corrected chi connectivity index (χ0v) is 19.8. The summed E-state index contributed by atoms with van der Waals surface area (Å²) in [5.74, 6) is 0.674. The zero-order valence-electron chi connectivity index (χ0n) is 18.2. The zero-order chi connectivity index (χ0) is 22.6. The first kappa shape index (κ1) is 24.0. The highest BCUT2D eigenvalue weighted by Gasteiger charge is 2.23. The molecule has 0 bridgehead atoms. The van der Waals surface area contributed by atoms with E-state index in [2.05, 4.69) is 19.2 Å². The van der Waals surface area contributed by atoms with Crippen molar-refractivity contribution in [1.82, 2.24) is 5.32 Å². The Morgan fingerprint density at radius 3 is 2.23 bits per heavy atom. The predicted octanol–water partition coefficient (Wildman–Crippen LogP) is 4.42. The van der Waals surface area contributed by atoms with Crippen LogP contribution in [0.1, 0.15) is 49.4 Å². The number of nitrogens with one attached hydrogen (secondary N) is 1. The highest BCUT2D eigenvalue weighted by molar-refractivity contribution is 7.92. The highest BCUT2D eigenvalue weighted by atomic mass is 35.5. The second-order valence-corrected chi connectivity index (χ2v) is 9.98. The molecule has 0 aliphatic rings. The third-order valence-corrected chi connectivity index (χ3v) is 6.28. The average molecular weight is 453 g/mol. The largest absolute Gasteiger partial charge is 0.496 e. The molecule has 0 saturated heterocycles. The van der Waals surface area contributed by atoms with Crippen LogP contribution in [0.4, 0.5) is 5.69 Å². The normalized spacial score (nSPS) is 12.5. The molecule has 0 aromatic heterocycles. The lowest BCUT2D eigenvalue weighted by Crippen LogP contribution is -2.41. The van der Waals surface area contributed by atoms with Gasteiger partial charge < -0.3 is 10.1 Å². The Kier molecular flexibility index (Phi) is 7.77. The Morgan fingerprint density at radius 1 is 1.13 bits per heavy atom. The summed E-state index contributed by atoms with van der Waals surface area (Å²) in [6.07, 6.45) is 1.07. The van der Waals surface area contributed by atoms with Crippen molar-refractivity contribution < 1.29 is 17.9 Å². The Labute approximate surface area is 184 Å². The van der Waals surface area contributed by atoms with Gasteiger partial charge >= 0.3 is 0 Å². The molecule has 164 valence electrons. The number of halogens is 1. The van der Waals surface area contributed by atoms with Crippen LogP contribution in [0.25, 0.3) is 0 Å².